The van der Waals surface area contributed by atoms with E-state index in [2.05, 4.69) is 62.4 Å². The lowest BCUT2D eigenvalue weighted by Gasteiger charge is -2.34. The summed E-state index contributed by atoms with van der Waals surface area (Å²) in [7, 11) is 0. The van der Waals surface area contributed by atoms with E-state index in [0.717, 1.165) is 44.1 Å². The number of aryl methyl sites for hydroxylation is 2. The Balaban J connectivity index is 1.43. The zero-order chi connectivity index (χ0) is 18.3. The van der Waals surface area contributed by atoms with Crippen molar-refractivity contribution in [3.63, 3.8) is 0 Å². The van der Waals surface area contributed by atoms with Crippen LogP contribution < -0.4 is 0 Å². The molecule has 7 heteroatoms. The molecule has 1 amide bonds. The number of fused-ring (bicyclic) bond motifs is 1. The minimum Gasteiger partial charge on any atom is -0.457 e. The van der Waals surface area contributed by atoms with Crippen LogP contribution in [0.2, 0.25) is 0 Å². The normalized spacial score (nSPS) is 15.7. The molecule has 0 aliphatic carbocycles. The van der Waals surface area contributed by atoms with Crippen LogP contribution in [-0.4, -0.2) is 51.3 Å². The van der Waals surface area contributed by atoms with Gasteiger partial charge in [-0.15, -0.1) is 0 Å². The molecule has 0 radical (unpaired) electrons. The number of hydrogen-bond donors (Lipinski definition) is 0. The van der Waals surface area contributed by atoms with Crippen molar-refractivity contribution >= 4 is 27.5 Å². The number of halogens is 1. The Kier molecular flexibility index (Phi) is 4.58. The molecule has 0 N–H and O–H groups in total. The van der Waals surface area contributed by atoms with Gasteiger partial charge in [0.15, 0.2) is 4.67 Å². The van der Waals surface area contributed by atoms with Gasteiger partial charge < -0.3 is 13.7 Å². The highest BCUT2D eigenvalue weighted by molar-refractivity contribution is 9.10. The number of piperazine rings is 1. The number of carbonyl (C=O) groups excluding carboxylic acids is 1. The highest BCUT2D eigenvalue weighted by Gasteiger charge is 2.24. The van der Waals surface area contributed by atoms with Gasteiger partial charge in [0.05, 0.1) is 17.0 Å². The molecule has 0 saturated carbocycles. The molecule has 0 bridgehead atoms. The number of imidazole rings is 1. The fourth-order valence-corrected chi connectivity index (χ4v) is 3.77. The average Bonchev–Trinajstić information content (AvgIpc) is 3.18. The molecule has 0 atom stereocenters. The van der Waals surface area contributed by atoms with Gasteiger partial charge in [-0.2, -0.15) is 0 Å². The topological polar surface area (TPSA) is 54.0 Å². The Hall–Kier alpha value is -2.12. The summed E-state index contributed by atoms with van der Waals surface area (Å²) in [6.07, 6.45) is 3.60. The first kappa shape index (κ1) is 17.3. The molecule has 0 spiro atoms. The quantitative estimate of drug-likeness (QED) is 0.657. The summed E-state index contributed by atoms with van der Waals surface area (Å²) < 4.78 is 7.93. The molecule has 3 aromatic heterocycles. The van der Waals surface area contributed by atoms with E-state index < -0.39 is 0 Å². The van der Waals surface area contributed by atoms with E-state index in [4.69, 9.17) is 4.42 Å². The van der Waals surface area contributed by atoms with E-state index in [1.54, 1.807) is 6.07 Å². The number of nitrogens with zero attached hydrogens (tertiary/aromatic N) is 4. The minimum atomic E-state index is 0.0283. The van der Waals surface area contributed by atoms with Crippen molar-refractivity contribution in [2.45, 2.75) is 20.4 Å². The zero-order valence-corrected chi connectivity index (χ0v) is 16.5. The molecule has 1 saturated heterocycles. The lowest BCUT2D eigenvalue weighted by molar-refractivity contribution is 0.0625. The Morgan fingerprint density at radius 1 is 1.23 bits per heavy atom. The van der Waals surface area contributed by atoms with Gasteiger partial charge in [0.25, 0.3) is 5.91 Å². The average molecular weight is 417 g/mol. The highest BCUT2D eigenvalue weighted by atomic mass is 79.9. The van der Waals surface area contributed by atoms with Gasteiger partial charge >= 0.3 is 0 Å². The fraction of sp³-hybridized carbons (Fsp3) is 0.368. The predicted molar refractivity (Wildman–Crippen MR) is 102 cm³/mol. The number of hydrogen-bond acceptors (Lipinski definition) is 4. The highest BCUT2D eigenvalue weighted by Crippen LogP contribution is 2.19. The summed E-state index contributed by atoms with van der Waals surface area (Å²) in [5.74, 6) is 0.0283. The molecule has 6 nitrogen and oxygen atoms in total. The van der Waals surface area contributed by atoms with Crippen molar-refractivity contribution in [3.05, 3.63) is 57.8 Å². The van der Waals surface area contributed by atoms with Gasteiger partial charge in [0.1, 0.15) is 11.9 Å². The second-order valence-corrected chi connectivity index (χ2v) is 7.57. The van der Waals surface area contributed by atoms with Crippen LogP contribution in [-0.2, 0) is 6.54 Å². The van der Waals surface area contributed by atoms with E-state index in [0.29, 0.717) is 10.2 Å². The van der Waals surface area contributed by atoms with Gasteiger partial charge in [-0.05, 0) is 47.5 Å². The van der Waals surface area contributed by atoms with Crippen LogP contribution in [0.4, 0.5) is 0 Å². The van der Waals surface area contributed by atoms with Crippen molar-refractivity contribution in [2.75, 3.05) is 26.2 Å². The number of amides is 1. The Bertz CT molecular complexity index is 954. The van der Waals surface area contributed by atoms with E-state index in [9.17, 15) is 4.79 Å². The second kappa shape index (κ2) is 6.89. The van der Waals surface area contributed by atoms with Crippen molar-refractivity contribution in [1.82, 2.24) is 19.2 Å². The van der Waals surface area contributed by atoms with Crippen LogP contribution >= 0.6 is 15.9 Å². The third kappa shape index (κ3) is 3.29. The second-order valence-electron chi connectivity index (χ2n) is 6.78. The first-order valence-electron chi connectivity index (χ1n) is 8.71. The summed E-state index contributed by atoms with van der Waals surface area (Å²) in [5.41, 5.74) is 5.10. The maximum atomic E-state index is 12.5. The zero-order valence-electron chi connectivity index (χ0n) is 14.9. The molecule has 3 aromatic rings. The predicted octanol–water partition coefficient (Wildman–Crippen LogP) is 3.26. The van der Waals surface area contributed by atoms with Crippen molar-refractivity contribution in [2.24, 2.45) is 0 Å². The molecule has 0 unspecified atom stereocenters. The molecule has 1 fully saturated rings. The van der Waals surface area contributed by atoms with Crippen molar-refractivity contribution in [3.8, 4) is 0 Å². The number of pyridine rings is 1. The minimum absolute atomic E-state index is 0.0283. The van der Waals surface area contributed by atoms with Crippen molar-refractivity contribution < 1.29 is 9.21 Å². The van der Waals surface area contributed by atoms with Gasteiger partial charge in [-0.3, -0.25) is 9.69 Å². The largest absolute Gasteiger partial charge is 0.457 e. The molecule has 136 valence electrons. The van der Waals surface area contributed by atoms with Crippen LogP contribution in [0.1, 0.15) is 27.3 Å². The number of carbonyl (C=O) groups is 1. The van der Waals surface area contributed by atoms with Gasteiger partial charge in [-0.1, -0.05) is 0 Å². The smallest absolute Gasteiger partial charge is 0.257 e. The van der Waals surface area contributed by atoms with E-state index in [1.807, 2.05) is 4.90 Å². The standard InChI is InChI=1S/C19H21BrN4O2/c1-13-3-4-24-16(14(2)21-18(24)9-13)11-22-5-7-23(8-6-22)19(25)15-10-17(20)26-12-15/h3-4,9-10,12H,5-8,11H2,1-2H3. The Morgan fingerprint density at radius 3 is 2.69 bits per heavy atom. The van der Waals surface area contributed by atoms with Crippen LogP contribution in [0, 0.1) is 13.8 Å². The fourth-order valence-electron chi connectivity index (χ4n) is 3.43. The van der Waals surface area contributed by atoms with Crippen LogP contribution in [0.5, 0.6) is 0 Å². The Labute approximate surface area is 160 Å². The van der Waals surface area contributed by atoms with E-state index in [-0.39, 0.29) is 5.91 Å². The summed E-state index contributed by atoms with van der Waals surface area (Å²) in [6, 6.07) is 5.94. The van der Waals surface area contributed by atoms with Crippen LogP contribution in [0.3, 0.4) is 0 Å². The molecule has 1 aliphatic heterocycles. The van der Waals surface area contributed by atoms with Gasteiger partial charge in [-0.25, -0.2) is 4.98 Å². The molecule has 0 aromatic carbocycles. The third-order valence-corrected chi connectivity index (χ3v) is 5.34. The monoisotopic (exact) mass is 416 g/mol. The first-order valence-corrected chi connectivity index (χ1v) is 9.50. The summed E-state index contributed by atoms with van der Waals surface area (Å²) in [6.45, 7) is 8.13. The first-order chi connectivity index (χ1) is 12.5. The molecule has 4 heterocycles. The molecular formula is C19H21BrN4O2. The van der Waals surface area contributed by atoms with Crippen LogP contribution in [0.15, 0.2) is 39.7 Å². The molecular weight excluding hydrogens is 396 g/mol. The summed E-state index contributed by atoms with van der Waals surface area (Å²) in [4.78, 5) is 21.5. The van der Waals surface area contributed by atoms with Crippen molar-refractivity contribution in [1.29, 1.82) is 0 Å². The molecule has 26 heavy (non-hydrogen) atoms. The lowest BCUT2D eigenvalue weighted by Crippen LogP contribution is -2.48. The number of rotatable bonds is 3. The number of aromatic nitrogens is 2. The maximum absolute atomic E-state index is 12.5. The van der Waals surface area contributed by atoms with Crippen LogP contribution in [0.25, 0.3) is 5.65 Å². The number of furan rings is 1. The van der Waals surface area contributed by atoms with Gasteiger partial charge in [0, 0.05) is 45.0 Å². The van der Waals surface area contributed by atoms with Gasteiger partial charge in [0.2, 0.25) is 0 Å². The SMILES string of the molecule is Cc1ccn2c(CN3CCN(C(=O)c4coc(Br)c4)CC3)c(C)nc2c1. The Morgan fingerprint density at radius 2 is 2.00 bits per heavy atom. The molecule has 4 rings (SSSR count). The summed E-state index contributed by atoms with van der Waals surface area (Å²) >= 11 is 3.24. The molecule has 1 aliphatic rings. The summed E-state index contributed by atoms with van der Waals surface area (Å²) in [5, 5.41) is 0. The lowest BCUT2D eigenvalue weighted by atomic mass is 10.2. The maximum Gasteiger partial charge on any atom is 0.257 e. The third-order valence-electron chi connectivity index (χ3n) is 4.93. The van der Waals surface area contributed by atoms with E-state index >= 15 is 0 Å². The van der Waals surface area contributed by atoms with E-state index in [1.165, 1.54) is 17.5 Å².